The van der Waals surface area contributed by atoms with Crippen molar-refractivity contribution in [3.63, 3.8) is 0 Å². The number of carbonyl (C=O) groups excluding carboxylic acids is 1. The predicted octanol–water partition coefficient (Wildman–Crippen LogP) is 2.22. The minimum absolute atomic E-state index is 0.0846. The third kappa shape index (κ3) is 3.58. The van der Waals surface area contributed by atoms with Crippen molar-refractivity contribution in [2.24, 2.45) is 5.73 Å². The monoisotopic (exact) mass is 288 g/mol. The van der Waals surface area contributed by atoms with Crippen LogP contribution in [0.25, 0.3) is 0 Å². The second-order valence-electron chi connectivity index (χ2n) is 4.52. The highest BCUT2D eigenvalue weighted by Gasteiger charge is 2.16. The van der Waals surface area contributed by atoms with Crippen molar-refractivity contribution < 1.29 is 13.9 Å². The van der Waals surface area contributed by atoms with Gasteiger partial charge in [-0.05, 0) is 23.3 Å². The summed E-state index contributed by atoms with van der Waals surface area (Å²) in [5, 5.41) is 2.68. The van der Waals surface area contributed by atoms with E-state index in [2.05, 4.69) is 5.32 Å². The van der Waals surface area contributed by atoms with E-state index in [-0.39, 0.29) is 11.3 Å². The van der Waals surface area contributed by atoms with Gasteiger partial charge >= 0.3 is 0 Å². The number of halogens is 1. The van der Waals surface area contributed by atoms with Crippen LogP contribution in [0.5, 0.6) is 5.75 Å². The normalized spacial score (nSPS) is 10.2. The molecular weight excluding hydrogens is 271 g/mol. The van der Waals surface area contributed by atoms with E-state index in [9.17, 15) is 9.18 Å². The fourth-order valence-electron chi connectivity index (χ4n) is 1.96. The van der Waals surface area contributed by atoms with Crippen LogP contribution in [0.4, 0.5) is 4.39 Å². The fraction of sp³-hybridized carbons (Fsp3) is 0.188. The molecule has 0 aliphatic heterocycles. The highest BCUT2D eigenvalue weighted by Crippen LogP contribution is 2.21. The highest BCUT2D eigenvalue weighted by atomic mass is 19.1. The molecular formula is C16H17FN2O2. The average molecular weight is 288 g/mol. The predicted molar refractivity (Wildman–Crippen MR) is 78.5 cm³/mol. The first-order valence-electron chi connectivity index (χ1n) is 6.54. The lowest BCUT2D eigenvalue weighted by Gasteiger charge is -2.10. The smallest absolute Gasteiger partial charge is 0.258 e. The molecule has 0 atom stereocenters. The van der Waals surface area contributed by atoms with Gasteiger partial charge in [-0.1, -0.05) is 30.3 Å². The van der Waals surface area contributed by atoms with Crippen LogP contribution in [0.1, 0.15) is 21.5 Å². The number of benzene rings is 2. The standard InChI is InChI=1S/C16H17FN2O2/c1-21-14-4-2-3-13(17)15(14)16(20)19-10-12-7-5-11(9-18)6-8-12/h2-8H,9-10,18H2,1H3,(H,19,20). The molecule has 4 nitrogen and oxygen atoms in total. The summed E-state index contributed by atoms with van der Waals surface area (Å²) < 4.78 is 18.8. The summed E-state index contributed by atoms with van der Waals surface area (Å²) in [6, 6.07) is 11.8. The Morgan fingerprint density at radius 1 is 1.19 bits per heavy atom. The zero-order valence-electron chi connectivity index (χ0n) is 11.7. The average Bonchev–Trinajstić information content (AvgIpc) is 2.52. The van der Waals surface area contributed by atoms with Crippen molar-refractivity contribution in [3.05, 3.63) is 65.0 Å². The van der Waals surface area contributed by atoms with E-state index >= 15 is 0 Å². The van der Waals surface area contributed by atoms with Gasteiger partial charge in [-0.2, -0.15) is 0 Å². The largest absolute Gasteiger partial charge is 0.496 e. The molecule has 0 aromatic heterocycles. The maximum atomic E-state index is 13.8. The summed E-state index contributed by atoms with van der Waals surface area (Å²) in [4.78, 5) is 12.1. The van der Waals surface area contributed by atoms with E-state index < -0.39 is 11.7 Å². The van der Waals surface area contributed by atoms with Crippen molar-refractivity contribution in [2.45, 2.75) is 13.1 Å². The van der Waals surface area contributed by atoms with Gasteiger partial charge in [-0.15, -0.1) is 0 Å². The second kappa shape index (κ2) is 6.85. The third-order valence-corrected chi connectivity index (χ3v) is 3.13. The summed E-state index contributed by atoms with van der Waals surface area (Å²) in [6.45, 7) is 0.778. The van der Waals surface area contributed by atoms with Gasteiger partial charge in [-0.25, -0.2) is 4.39 Å². The Morgan fingerprint density at radius 3 is 2.48 bits per heavy atom. The number of hydrogen-bond acceptors (Lipinski definition) is 3. The molecule has 0 unspecified atom stereocenters. The van der Waals surface area contributed by atoms with Gasteiger partial charge in [0.2, 0.25) is 0 Å². The zero-order chi connectivity index (χ0) is 15.2. The minimum Gasteiger partial charge on any atom is -0.496 e. The molecule has 5 heteroatoms. The Kier molecular flexibility index (Phi) is 4.90. The van der Waals surface area contributed by atoms with Crippen LogP contribution in [0.3, 0.4) is 0 Å². The zero-order valence-corrected chi connectivity index (χ0v) is 11.7. The first-order chi connectivity index (χ1) is 10.2. The first kappa shape index (κ1) is 15.0. The third-order valence-electron chi connectivity index (χ3n) is 3.13. The summed E-state index contributed by atoms with van der Waals surface area (Å²) in [6.07, 6.45) is 0. The first-order valence-corrected chi connectivity index (χ1v) is 6.54. The minimum atomic E-state index is -0.606. The Morgan fingerprint density at radius 2 is 1.86 bits per heavy atom. The Balaban J connectivity index is 2.08. The molecule has 2 aromatic carbocycles. The van der Waals surface area contributed by atoms with Crippen LogP contribution in [-0.4, -0.2) is 13.0 Å². The summed E-state index contributed by atoms with van der Waals surface area (Å²) in [5.41, 5.74) is 7.36. The van der Waals surface area contributed by atoms with Crippen LogP contribution in [0, 0.1) is 5.82 Å². The molecule has 0 fully saturated rings. The summed E-state index contributed by atoms with van der Waals surface area (Å²) in [5.74, 6) is -0.899. The molecule has 2 rings (SSSR count). The number of nitrogens with one attached hydrogen (secondary N) is 1. The Labute approximate surface area is 122 Å². The van der Waals surface area contributed by atoms with Crippen LogP contribution in [-0.2, 0) is 13.1 Å². The van der Waals surface area contributed by atoms with Crippen LogP contribution < -0.4 is 15.8 Å². The molecule has 1 amide bonds. The molecule has 0 radical (unpaired) electrons. The lowest BCUT2D eigenvalue weighted by molar-refractivity contribution is 0.0943. The number of rotatable bonds is 5. The van der Waals surface area contributed by atoms with Gasteiger partial charge in [0.25, 0.3) is 5.91 Å². The number of amides is 1. The number of nitrogens with two attached hydrogens (primary N) is 1. The second-order valence-corrected chi connectivity index (χ2v) is 4.52. The maximum Gasteiger partial charge on any atom is 0.258 e. The van der Waals surface area contributed by atoms with E-state index in [1.807, 2.05) is 24.3 Å². The van der Waals surface area contributed by atoms with E-state index in [4.69, 9.17) is 10.5 Å². The van der Waals surface area contributed by atoms with Gasteiger partial charge in [-0.3, -0.25) is 4.79 Å². The van der Waals surface area contributed by atoms with Gasteiger partial charge in [0.05, 0.1) is 7.11 Å². The molecule has 110 valence electrons. The molecule has 0 spiro atoms. The van der Waals surface area contributed by atoms with Crippen molar-refractivity contribution in [3.8, 4) is 5.75 Å². The van der Waals surface area contributed by atoms with E-state index in [1.54, 1.807) is 6.07 Å². The Hall–Kier alpha value is -2.40. The molecule has 2 aromatic rings. The topological polar surface area (TPSA) is 64.3 Å². The molecule has 21 heavy (non-hydrogen) atoms. The van der Waals surface area contributed by atoms with Gasteiger partial charge in [0.1, 0.15) is 17.1 Å². The molecule has 0 aliphatic carbocycles. The highest BCUT2D eigenvalue weighted by molar-refractivity contribution is 5.97. The molecule has 0 aliphatic rings. The van der Waals surface area contributed by atoms with Crippen molar-refractivity contribution in [1.29, 1.82) is 0 Å². The molecule has 0 heterocycles. The number of carbonyl (C=O) groups is 1. The van der Waals surface area contributed by atoms with Crippen LogP contribution >= 0.6 is 0 Å². The molecule has 0 saturated carbocycles. The number of ether oxygens (including phenoxy) is 1. The van der Waals surface area contributed by atoms with E-state index in [1.165, 1.54) is 19.2 Å². The van der Waals surface area contributed by atoms with Crippen molar-refractivity contribution >= 4 is 5.91 Å². The van der Waals surface area contributed by atoms with Crippen LogP contribution in [0.2, 0.25) is 0 Å². The molecule has 0 bridgehead atoms. The lowest BCUT2D eigenvalue weighted by atomic mass is 10.1. The van der Waals surface area contributed by atoms with E-state index in [0.717, 1.165) is 11.1 Å². The molecule has 0 saturated heterocycles. The van der Waals surface area contributed by atoms with Crippen LogP contribution in [0.15, 0.2) is 42.5 Å². The maximum absolute atomic E-state index is 13.8. The van der Waals surface area contributed by atoms with Gasteiger partial charge in [0.15, 0.2) is 0 Å². The Bertz CT molecular complexity index is 627. The van der Waals surface area contributed by atoms with Crippen molar-refractivity contribution in [2.75, 3.05) is 7.11 Å². The van der Waals surface area contributed by atoms with Gasteiger partial charge < -0.3 is 15.8 Å². The van der Waals surface area contributed by atoms with Crippen molar-refractivity contribution in [1.82, 2.24) is 5.32 Å². The summed E-state index contributed by atoms with van der Waals surface area (Å²) >= 11 is 0. The lowest BCUT2D eigenvalue weighted by Crippen LogP contribution is -2.24. The summed E-state index contributed by atoms with van der Waals surface area (Å²) in [7, 11) is 1.40. The van der Waals surface area contributed by atoms with E-state index in [0.29, 0.717) is 13.1 Å². The molecule has 3 N–H and O–H groups in total. The van der Waals surface area contributed by atoms with Gasteiger partial charge in [0, 0.05) is 13.1 Å². The SMILES string of the molecule is COc1cccc(F)c1C(=O)NCc1ccc(CN)cc1. The fourth-order valence-corrected chi connectivity index (χ4v) is 1.96. The quantitative estimate of drug-likeness (QED) is 0.886. The number of hydrogen-bond donors (Lipinski definition) is 2. The number of methoxy groups -OCH3 is 1.